The van der Waals surface area contributed by atoms with Crippen LogP contribution in [0.3, 0.4) is 0 Å². The van der Waals surface area contributed by atoms with Crippen molar-refractivity contribution in [1.82, 2.24) is 19.8 Å². The molecular weight excluding hydrogens is 348 g/mol. The number of nitrogens with one attached hydrogen (secondary N) is 1. The molecule has 2 aliphatic heterocycles. The number of hydrogen-bond acceptors (Lipinski definition) is 5. The second-order valence-corrected chi connectivity index (χ2v) is 7.21. The largest absolute Gasteiger partial charge is 0.480 e. The van der Waals surface area contributed by atoms with Crippen LogP contribution in [-0.2, 0) is 30.7 Å². The van der Waals surface area contributed by atoms with Crippen molar-refractivity contribution in [3.8, 4) is 0 Å². The standard InChI is InChI=1S/C19H24N4O4/c1-2-16-12(9-22-5-3-4-6-22)7-17(27-16)18(24)23-10-14-13(20-11-21-14)8-15(23)19(25)26/h7,11,15H,2-6,8-10H2,1H3,(H,20,21)(H,25,26)/t15-/m1/s1. The third-order valence-electron chi connectivity index (χ3n) is 5.47. The van der Waals surface area contributed by atoms with Crippen LogP contribution in [0.4, 0.5) is 0 Å². The maximum atomic E-state index is 13.1. The first-order chi connectivity index (χ1) is 13.1. The molecule has 1 atom stereocenters. The van der Waals surface area contributed by atoms with E-state index >= 15 is 0 Å². The molecule has 2 aliphatic rings. The molecule has 144 valence electrons. The Morgan fingerprint density at radius 2 is 2.15 bits per heavy atom. The third kappa shape index (κ3) is 3.37. The molecule has 4 rings (SSSR count). The second kappa shape index (κ2) is 7.19. The number of fused-ring (bicyclic) bond motifs is 1. The highest BCUT2D eigenvalue weighted by atomic mass is 16.4. The van der Waals surface area contributed by atoms with Crippen molar-refractivity contribution in [2.24, 2.45) is 0 Å². The van der Waals surface area contributed by atoms with Gasteiger partial charge in [-0.15, -0.1) is 0 Å². The first kappa shape index (κ1) is 17.8. The van der Waals surface area contributed by atoms with E-state index < -0.39 is 12.0 Å². The predicted octanol–water partition coefficient (Wildman–Crippen LogP) is 1.81. The predicted molar refractivity (Wildman–Crippen MR) is 96.2 cm³/mol. The van der Waals surface area contributed by atoms with Crippen molar-refractivity contribution in [1.29, 1.82) is 0 Å². The lowest BCUT2D eigenvalue weighted by Gasteiger charge is -2.31. The van der Waals surface area contributed by atoms with Crippen molar-refractivity contribution < 1.29 is 19.1 Å². The summed E-state index contributed by atoms with van der Waals surface area (Å²) >= 11 is 0. The molecule has 0 bridgehead atoms. The van der Waals surface area contributed by atoms with Gasteiger partial charge in [0, 0.05) is 24.9 Å². The Kier molecular flexibility index (Phi) is 4.73. The summed E-state index contributed by atoms with van der Waals surface area (Å²) in [5.74, 6) is -0.395. The summed E-state index contributed by atoms with van der Waals surface area (Å²) in [6, 6.07) is 0.853. The fourth-order valence-corrected chi connectivity index (χ4v) is 4.00. The van der Waals surface area contributed by atoms with Crippen LogP contribution < -0.4 is 0 Å². The highest BCUT2D eigenvalue weighted by Gasteiger charge is 2.37. The van der Waals surface area contributed by atoms with Gasteiger partial charge < -0.3 is 19.4 Å². The van der Waals surface area contributed by atoms with Gasteiger partial charge in [-0.3, -0.25) is 9.69 Å². The molecule has 8 heteroatoms. The summed E-state index contributed by atoms with van der Waals surface area (Å²) in [4.78, 5) is 35.7. The molecule has 0 aliphatic carbocycles. The van der Waals surface area contributed by atoms with Crippen LogP contribution in [0.5, 0.6) is 0 Å². The van der Waals surface area contributed by atoms with E-state index in [4.69, 9.17) is 4.42 Å². The molecule has 1 fully saturated rings. The second-order valence-electron chi connectivity index (χ2n) is 7.21. The molecule has 0 unspecified atom stereocenters. The molecule has 27 heavy (non-hydrogen) atoms. The van der Waals surface area contributed by atoms with Crippen molar-refractivity contribution in [3.05, 3.63) is 40.9 Å². The van der Waals surface area contributed by atoms with Crippen LogP contribution in [0, 0.1) is 0 Å². The molecule has 0 aromatic carbocycles. The molecule has 1 amide bonds. The monoisotopic (exact) mass is 372 g/mol. The number of imidazole rings is 1. The molecule has 1 saturated heterocycles. The van der Waals surface area contributed by atoms with Crippen molar-refractivity contribution in [3.63, 3.8) is 0 Å². The molecular formula is C19H24N4O4. The summed E-state index contributed by atoms with van der Waals surface area (Å²) in [5.41, 5.74) is 2.50. The Hall–Kier alpha value is -2.61. The fourth-order valence-electron chi connectivity index (χ4n) is 4.00. The van der Waals surface area contributed by atoms with Gasteiger partial charge in [-0.2, -0.15) is 0 Å². The van der Waals surface area contributed by atoms with Gasteiger partial charge in [-0.1, -0.05) is 6.92 Å². The average molecular weight is 372 g/mol. The number of likely N-dealkylation sites (tertiary alicyclic amines) is 1. The molecule has 0 radical (unpaired) electrons. The van der Waals surface area contributed by atoms with Gasteiger partial charge in [-0.05, 0) is 32.0 Å². The Morgan fingerprint density at radius 3 is 2.85 bits per heavy atom. The first-order valence-corrected chi connectivity index (χ1v) is 9.45. The van der Waals surface area contributed by atoms with Gasteiger partial charge in [-0.25, -0.2) is 9.78 Å². The number of nitrogens with zero attached hydrogens (tertiary/aromatic N) is 3. The number of amides is 1. The number of rotatable bonds is 5. The lowest BCUT2D eigenvalue weighted by atomic mass is 10.0. The van der Waals surface area contributed by atoms with Gasteiger partial charge in [0.05, 0.1) is 24.3 Å². The van der Waals surface area contributed by atoms with Crippen LogP contribution in [0.2, 0.25) is 0 Å². The summed E-state index contributed by atoms with van der Waals surface area (Å²) in [5, 5.41) is 9.59. The van der Waals surface area contributed by atoms with Crippen LogP contribution in [0.15, 0.2) is 16.8 Å². The van der Waals surface area contributed by atoms with E-state index in [1.165, 1.54) is 24.1 Å². The lowest BCUT2D eigenvalue weighted by molar-refractivity contribution is -0.142. The number of carbonyl (C=O) groups is 2. The zero-order valence-electron chi connectivity index (χ0n) is 15.4. The van der Waals surface area contributed by atoms with Gasteiger partial charge in [0.15, 0.2) is 5.76 Å². The molecule has 4 heterocycles. The minimum Gasteiger partial charge on any atom is -0.480 e. The lowest BCUT2D eigenvalue weighted by Crippen LogP contribution is -2.48. The number of carbonyl (C=O) groups excluding carboxylic acids is 1. The molecule has 8 nitrogen and oxygen atoms in total. The number of aromatic nitrogens is 2. The Morgan fingerprint density at radius 1 is 1.37 bits per heavy atom. The van der Waals surface area contributed by atoms with Crippen LogP contribution in [0.25, 0.3) is 0 Å². The zero-order chi connectivity index (χ0) is 19.0. The van der Waals surface area contributed by atoms with E-state index in [0.29, 0.717) is 12.1 Å². The van der Waals surface area contributed by atoms with Crippen molar-refractivity contribution >= 4 is 11.9 Å². The summed E-state index contributed by atoms with van der Waals surface area (Å²) in [6.07, 6.45) is 4.83. The van der Waals surface area contributed by atoms with E-state index in [9.17, 15) is 14.7 Å². The minimum absolute atomic E-state index is 0.189. The summed E-state index contributed by atoms with van der Waals surface area (Å²) < 4.78 is 5.85. The van der Waals surface area contributed by atoms with E-state index in [1.54, 1.807) is 6.07 Å². The van der Waals surface area contributed by atoms with Crippen LogP contribution >= 0.6 is 0 Å². The summed E-state index contributed by atoms with van der Waals surface area (Å²) in [7, 11) is 0. The Bertz CT molecular complexity index is 850. The van der Waals surface area contributed by atoms with Crippen molar-refractivity contribution in [2.45, 2.75) is 51.7 Å². The normalized spacial score (nSPS) is 20.0. The topological polar surface area (TPSA) is 103 Å². The molecule has 2 aromatic rings. The van der Waals surface area contributed by atoms with E-state index in [0.717, 1.165) is 36.7 Å². The quantitative estimate of drug-likeness (QED) is 0.830. The highest BCUT2D eigenvalue weighted by molar-refractivity contribution is 5.95. The van der Waals surface area contributed by atoms with Gasteiger partial charge >= 0.3 is 5.97 Å². The number of aromatic amines is 1. The van der Waals surface area contributed by atoms with E-state index in [2.05, 4.69) is 14.9 Å². The third-order valence-corrected chi connectivity index (χ3v) is 5.47. The SMILES string of the molecule is CCc1oc(C(=O)N2Cc3[nH]cnc3C[C@@H]2C(=O)O)cc1CN1CCCC1. The highest BCUT2D eigenvalue weighted by Crippen LogP contribution is 2.26. The molecule has 2 aromatic heterocycles. The maximum absolute atomic E-state index is 13.1. The number of aryl methyl sites for hydroxylation is 1. The van der Waals surface area contributed by atoms with E-state index in [1.807, 2.05) is 6.92 Å². The number of H-pyrrole nitrogens is 1. The van der Waals surface area contributed by atoms with Crippen LogP contribution in [-0.4, -0.2) is 55.9 Å². The van der Waals surface area contributed by atoms with Crippen LogP contribution in [0.1, 0.15) is 53.0 Å². The summed E-state index contributed by atoms with van der Waals surface area (Å²) in [6.45, 7) is 5.08. The molecule has 0 saturated carbocycles. The molecule has 2 N–H and O–H groups in total. The number of hydrogen-bond donors (Lipinski definition) is 2. The Balaban J connectivity index is 1.59. The average Bonchev–Trinajstić information content (AvgIpc) is 3.40. The number of carboxylic acids is 1. The first-order valence-electron chi connectivity index (χ1n) is 9.45. The zero-order valence-corrected chi connectivity index (χ0v) is 15.4. The maximum Gasteiger partial charge on any atom is 0.326 e. The number of carboxylic acid groups (broad SMARTS) is 1. The Labute approximate surface area is 157 Å². The van der Waals surface area contributed by atoms with E-state index in [-0.39, 0.29) is 24.6 Å². The number of aliphatic carboxylic acids is 1. The van der Waals surface area contributed by atoms with Gasteiger partial charge in [0.25, 0.3) is 5.91 Å². The fraction of sp³-hybridized carbons (Fsp3) is 0.526. The van der Waals surface area contributed by atoms with Gasteiger partial charge in [0.2, 0.25) is 0 Å². The van der Waals surface area contributed by atoms with Crippen molar-refractivity contribution in [2.75, 3.05) is 13.1 Å². The molecule has 0 spiro atoms. The smallest absolute Gasteiger partial charge is 0.326 e. The van der Waals surface area contributed by atoms with Gasteiger partial charge in [0.1, 0.15) is 11.8 Å². The minimum atomic E-state index is -1.03. The number of furan rings is 1.